The third-order valence-electron chi connectivity index (χ3n) is 5.44. The summed E-state index contributed by atoms with van der Waals surface area (Å²) < 4.78 is 0. The molecule has 0 aromatic heterocycles. The van der Waals surface area contributed by atoms with Gasteiger partial charge in [-0.25, -0.2) is 4.79 Å². The van der Waals surface area contributed by atoms with Crippen molar-refractivity contribution in [2.24, 2.45) is 5.92 Å². The lowest BCUT2D eigenvalue weighted by molar-refractivity contribution is -0.143. The van der Waals surface area contributed by atoms with Crippen molar-refractivity contribution in [2.75, 3.05) is 5.32 Å². The van der Waals surface area contributed by atoms with Crippen LogP contribution in [0.1, 0.15) is 46.8 Å². The number of carboxylic acid groups (broad SMARTS) is 1. The molecule has 0 aliphatic heterocycles. The molecule has 1 saturated carbocycles. The van der Waals surface area contributed by atoms with E-state index in [1.807, 2.05) is 24.3 Å². The maximum Gasteiger partial charge on any atom is 0.319 e. The Morgan fingerprint density at radius 2 is 1.62 bits per heavy atom. The van der Waals surface area contributed by atoms with Crippen molar-refractivity contribution in [3.63, 3.8) is 0 Å². The van der Waals surface area contributed by atoms with Gasteiger partial charge >= 0.3 is 12.0 Å². The first kappa shape index (κ1) is 19.0. The summed E-state index contributed by atoms with van der Waals surface area (Å²) in [5.41, 5.74) is 2.92. The van der Waals surface area contributed by atoms with Crippen LogP contribution in [-0.4, -0.2) is 29.1 Å². The lowest BCUT2D eigenvalue weighted by atomic mass is 9.79. The third kappa shape index (κ3) is 4.39. The number of carbonyl (C=O) groups is 3. The van der Waals surface area contributed by atoms with E-state index in [2.05, 4.69) is 16.0 Å². The first-order valence-electron chi connectivity index (χ1n) is 9.80. The number of aliphatic carboxylic acids is 1. The number of fused-ring (bicyclic) bond motifs is 1. The lowest BCUT2D eigenvalue weighted by Gasteiger charge is -2.31. The second-order valence-electron chi connectivity index (χ2n) is 7.58. The van der Waals surface area contributed by atoms with E-state index in [9.17, 15) is 19.5 Å². The van der Waals surface area contributed by atoms with Crippen molar-refractivity contribution < 1.29 is 19.5 Å². The number of hydrogen-bond acceptors (Lipinski definition) is 3. The SMILES string of the molecule is O=C(Nc1ccc(C(=O)N[C@H]2c3ccccc3CC[C@H]2C(=O)O)cc1)NC1CC1. The number of rotatable bonds is 5. The monoisotopic (exact) mass is 393 g/mol. The van der Waals surface area contributed by atoms with Gasteiger partial charge < -0.3 is 21.1 Å². The number of nitrogens with one attached hydrogen (secondary N) is 3. The fraction of sp³-hybridized carbons (Fsp3) is 0.318. The van der Waals surface area contributed by atoms with E-state index in [4.69, 9.17) is 0 Å². The van der Waals surface area contributed by atoms with Crippen LogP contribution >= 0.6 is 0 Å². The Morgan fingerprint density at radius 3 is 2.31 bits per heavy atom. The Bertz CT molecular complexity index is 937. The van der Waals surface area contributed by atoms with E-state index in [1.165, 1.54) is 0 Å². The van der Waals surface area contributed by atoms with Crippen LogP contribution in [0.15, 0.2) is 48.5 Å². The van der Waals surface area contributed by atoms with E-state index in [0.717, 1.165) is 24.0 Å². The average molecular weight is 393 g/mol. The Morgan fingerprint density at radius 1 is 0.897 bits per heavy atom. The molecule has 0 spiro atoms. The summed E-state index contributed by atoms with van der Waals surface area (Å²) in [6.45, 7) is 0. The maximum atomic E-state index is 12.8. The molecule has 29 heavy (non-hydrogen) atoms. The first-order chi connectivity index (χ1) is 14.0. The fourth-order valence-electron chi connectivity index (χ4n) is 3.71. The number of carbonyl (C=O) groups excluding carboxylic acids is 2. The van der Waals surface area contributed by atoms with Gasteiger partial charge in [0.1, 0.15) is 0 Å². The highest BCUT2D eigenvalue weighted by atomic mass is 16.4. The molecule has 2 atom stereocenters. The van der Waals surface area contributed by atoms with Gasteiger partial charge in [0.25, 0.3) is 5.91 Å². The molecule has 7 nitrogen and oxygen atoms in total. The van der Waals surface area contributed by atoms with Crippen LogP contribution in [0.5, 0.6) is 0 Å². The van der Waals surface area contributed by atoms with Gasteiger partial charge in [-0.15, -0.1) is 0 Å². The van der Waals surface area contributed by atoms with Gasteiger partial charge in [0.05, 0.1) is 12.0 Å². The van der Waals surface area contributed by atoms with Crippen LogP contribution in [0.2, 0.25) is 0 Å². The largest absolute Gasteiger partial charge is 0.481 e. The van der Waals surface area contributed by atoms with Gasteiger partial charge in [-0.05, 0) is 61.1 Å². The molecule has 0 saturated heterocycles. The highest BCUT2D eigenvalue weighted by molar-refractivity contribution is 5.96. The van der Waals surface area contributed by atoms with E-state index in [-0.39, 0.29) is 18.0 Å². The summed E-state index contributed by atoms with van der Waals surface area (Å²) >= 11 is 0. The highest BCUT2D eigenvalue weighted by Crippen LogP contribution is 2.34. The zero-order valence-corrected chi connectivity index (χ0v) is 15.9. The van der Waals surface area contributed by atoms with E-state index >= 15 is 0 Å². The molecule has 0 bridgehead atoms. The Balaban J connectivity index is 1.46. The summed E-state index contributed by atoms with van der Waals surface area (Å²) in [5.74, 6) is -1.92. The van der Waals surface area contributed by atoms with Crippen LogP contribution in [0, 0.1) is 5.92 Å². The molecule has 150 valence electrons. The number of carboxylic acids is 1. The third-order valence-corrected chi connectivity index (χ3v) is 5.44. The molecule has 2 aliphatic carbocycles. The van der Waals surface area contributed by atoms with E-state index in [1.54, 1.807) is 24.3 Å². The molecule has 2 aliphatic rings. The fourth-order valence-corrected chi connectivity index (χ4v) is 3.71. The van der Waals surface area contributed by atoms with E-state index < -0.39 is 17.9 Å². The first-order valence-corrected chi connectivity index (χ1v) is 9.80. The predicted octanol–water partition coefficient (Wildman–Crippen LogP) is 3.09. The summed E-state index contributed by atoms with van der Waals surface area (Å²) in [7, 11) is 0. The second-order valence-corrected chi connectivity index (χ2v) is 7.58. The Hall–Kier alpha value is -3.35. The number of hydrogen-bond donors (Lipinski definition) is 4. The van der Waals surface area contributed by atoms with Crippen LogP contribution in [0.25, 0.3) is 0 Å². The Kier molecular flexibility index (Phi) is 5.20. The van der Waals surface area contributed by atoms with Crippen LogP contribution in [0.3, 0.4) is 0 Å². The molecule has 1 fully saturated rings. The molecular weight excluding hydrogens is 370 g/mol. The van der Waals surface area contributed by atoms with Crippen molar-refractivity contribution in [3.05, 3.63) is 65.2 Å². The average Bonchev–Trinajstić information content (AvgIpc) is 3.52. The van der Waals surface area contributed by atoms with Crippen molar-refractivity contribution >= 4 is 23.6 Å². The van der Waals surface area contributed by atoms with E-state index in [0.29, 0.717) is 24.1 Å². The number of benzene rings is 2. The van der Waals surface area contributed by atoms with Gasteiger partial charge in [-0.1, -0.05) is 24.3 Å². The van der Waals surface area contributed by atoms with Crippen molar-refractivity contribution in [1.82, 2.24) is 10.6 Å². The summed E-state index contributed by atoms with van der Waals surface area (Å²) in [6.07, 6.45) is 3.18. The quantitative estimate of drug-likeness (QED) is 0.626. The molecule has 7 heteroatoms. The number of anilines is 1. The van der Waals surface area contributed by atoms with Crippen molar-refractivity contribution in [1.29, 1.82) is 0 Å². The molecule has 4 rings (SSSR count). The maximum absolute atomic E-state index is 12.8. The summed E-state index contributed by atoms with van der Waals surface area (Å²) in [6, 6.07) is 13.6. The molecule has 0 heterocycles. The molecule has 2 aromatic rings. The number of urea groups is 1. The van der Waals surface area contributed by atoms with Gasteiger partial charge in [0.15, 0.2) is 0 Å². The zero-order chi connectivity index (χ0) is 20.4. The normalized spacial score (nSPS) is 20.3. The smallest absolute Gasteiger partial charge is 0.319 e. The molecule has 2 aromatic carbocycles. The van der Waals surface area contributed by atoms with Gasteiger partial charge in [0, 0.05) is 17.3 Å². The van der Waals surface area contributed by atoms with Crippen LogP contribution < -0.4 is 16.0 Å². The predicted molar refractivity (Wildman–Crippen MR) is 108 cm³/mol. The molecule has 3 amide bonds. The van der Waals surface area contributed by atoms with Crippen molar-refractivity contribution in [3.8, 4) is 0 Å². The van der Waals surface area contributed by atoms with Gasteiger partial charge in [-0.2, -0.15) is 0 Å². The molecule has 4 N–H and O–H groups in total. The van der Waals surface area contributed by atoms with Crippen LogP contribution in [-0.2, 0) is 11.2 Å². The zero-order valence-electron chi connectivity index (χ0n) is 15.9. The minimum atomic E-state index is -0.911. The number of aryl methyl sites for hydroxylation is 1. The van der Waals surface area contributed by atoms with Gasteiger partial charge in [-0.3, -0.25) is 9.59 Å². The molecular formula is C22H23N3O4. The second kappa shape index (κ2) is 7.95. The van der Waals surface area contributed by atoms with Crippen molar-refractivity contribution in [2.45, 2.75) is 37.8 Å². The minimum Gasteiger partial charge on any atom is -0.481 e. The standard InChI is InChI=1S/C22H23N3O4/c26-20(14-5-8-15(9-6-14)23-22(29)24-16-10-11-16)25-19-17-4-2-1-3-13(17)7-12-18(19)21(27)28/h1-6,8-9,16,18-19H,7,10-12H2,(H,25,26)(H,27,28)(H2,23,24,29)/t18-,19+/m1/s1. The lowest BCUT2D eigenvalue weighted by Crippen LogP contribution is -2.39. The summed E-state index contributed by atoms with van der Waals surface area (Å²) in [5, 5.41) is 18.1. The summed E-state index contributed by atoms with van der Waals surface area (Å²) in [4.78, 5) is 36.3. The highest BCUT2D eigenvalue weighted by Gasteiger charge is 2.35. The van der Waals surface area contributed by atoms with Gasteiger partial charge in [0.2, 0.25) is 0 Å². The number of amides is 3. The Labute approximate surface area is 168 Å². The van der Waals surface area contributed by atoms with Crippen LogP contribution in [0.4, 0.5) is 10.5 Å². The topological polar surface area (TPSA) is 108 Å². The minimum absolute atomic E-state index is 0.257. The molecule has 0 unspecified atom stereocenters. The molecule has 0 radical (unpaired) electrons.